The van der Waals surface area contributed by atoms with Crippen LogP contribution in [0.1, 0.15) is 36.1 Å². The van der Waals surface area contributed by atoms with Crippen molar-refractivity contribution in [3.63, 3.8) is 0 Å². The molecule has 0 spiro atoms. The molecule has 5 aromatic carbocycles. The van der Waals surface area contributed by atoms with Crippen molar-refractivity contribution in [3.05, 3.63) is 150 Å². The van der Waals surface area contributed by atoms with Gasteiger partial charge in [0.1, 0.15) is 0 Å². The summed E-state index contributed by atoms with van der Waals surface area (Å²) in [6.45, 7) is 4.27. The van der Waals surface area contributed by atoms with Crippen LogP contribution in [-0.4, -0.2) is 4.57 Å². The predicted octanol–water partition coefficient (Wildman–Crippen LogP) is 9.66. The number of hydrogen-bond acceptors (Lipinski definition) is 0. The van der Waals surface area contributed by atoms with E-state index >= 15 is 0 Å². The molecule has 0 aliphatic heterocycles. The highest BCUT2D eigenvalue weighted by molar-refractivity contribution is 6.16. The smallest absolute Gasteiger partial charge is 0.0619 e. The van der Waals surface area contributed by atoms with Gasteiger partial charge in [-0.2, -0.15) is 0 Å². The third-order valence-electron chi connectivity index (χ3n) is 7.77. The molecule has 1 heteroatoms. The van der Waals surface area contributed by atoms with E-state index in [0.717, 1.165) is 0 Å². The molecule has 0 saturated carbocycles. The molecule has 0 amide bonds. The molecule has 0 unspecified atom stereocenters. The average Bonchev–Trinajstić information content (AvgIpc) is 3.47. The number of aromatic nitrogens is 1. The van der Waals surface area contributed by atoms with Crippen LogP contribution < -0.4 is 0 Å². The van der Waals surface area contributed by atoms with E-state index in [9.17, 15) is 0 Å². The van der Waals surface area contributed by atoms with E-state index in [0.29, 0.717) is 0 Å². The molecule has 37 heavy (non-hydrogen) atoms. The summed E-state index contributed by atoms with van der Waals surface area (Å²) in [6, 6.07) is 44.3. The summed E-state index contributed by atoms with van der Waals surface area (Å²) in [5, 5.41) is 2.55. The Morgan fingerprint density at radius 2 is 0.946 bits per heavy atom. The van der Waals surface area contributed by atoms with Crippen molar-refractivity contribution in [3.8, 4) is 11.1 Å². The van der Waals surface area contributed by atoms with Crippen LogP contribution in [0, 0.1) is 0 Å². The summed E-state index contributed by atoms with van der Waals surface area (Å²) < 4.78 is 2.48. The normalized spacial score (nSPS) is 12.7. The highest BCUT2D eigenvalue weighted by Crippen LogP contribution is 2.49. The van der Waals surface area contributed by atoms with E-state index in [1.54, 1.807) is 0 Å². The van der Waals surface area contributed by atoms with Gasteiger partial charge in [-0.05, 0) is 64.9 Å². The summed E-state index contributed by atoms with van der Waals surface area (Å²) in [5.41, 5.74) is 13.9. The Kier molecular flexibility index (Phi) is 4.97. The number of fused-ring (bicyclic) bond motifs is 6. The molecule has 6 aromatic rings. The largest absolute Gasteiger partial charge is 0.308 e. The monoisotopic (exact) mass is 473 g/mol. The van der Waals surface area contributed by atoms with Crippen molar-refractivity contribution < 1.29 is 0 Å². The first-order valence-electron chi connectivity index (χ1n) is 12.9. The van der Waals surface area contributed by atoms with Crippen molar-refractivity contribution in [2.45, 2.75) is 13.8 Å². The summed E-state index contributed by atoms with van der Waals surface area (Å²) in [7, 11) is 0. The minimum Gasteiger partial charge on any atom is -0.308 e. The van der Waals surface area contributed by atoms with Gasteiger partial charge in [-0.15, -0.1) is 0 Å². The second-order valence-electron chi connectivity index (χ2n) is 9.73. The van der Waals surface area contributed by atoms with E-state index in [-0.39, 0.29) is 0 Å². The van der Waals surface area contributed by atoms with Crippen LogP contribution in [0.15, 0.2) is 127 Å². The zero-order valence-corrected chi connectivity index (χ0v) is 21.1. The van der Waals surface area contributed by atoms with Gasteiger partial charge in [0, 0.05) is 16.3 Å². The Bertz CT molecular complexity index is 1780. The van der Waals surface area contributed by atoms with Gasteiger partial charge in [-0.25, -0.2) is 0 Å². The summed E-state index contributed by atoms with van der Waals surface area (Å²) >= 11 is 0. The fourth-order valence-corrected chi connectivity index (χ4v) is 5.88. The van der Waals surface area contributed by atoms with E-state index in [2.05, 4.69) is 146 Å². The number of para-hydroxylation sites is 2. The molecule has 0 radical (unpaired) electrons. The van der Waals surface area contributed by atoms with Crippen LogP contribution >= 0.6 is 0 Å². The predicted molar refractivity (Wildman–Crippen MR) is 158 cm³/mol. The van der Waals surface area contributed by atoms with Gasteiger partial charge in [-0.3, -0.25) is 0 Å². The maximum Gasteiger partial charge on any atom is 0.0619 e. The molecule has 1 aromatic heterocycles. The van der Waals surface area contributed by atoms with Crippen LogP contribution in [0.5, 0.6) is 0 Å². The second kappa shape index (κ2) is 8.50. The van der Waals surface area contributed by atoms with Crippen molar-refractivity contribution in [1.29, 1.82) is 0 Å². The van der Waals surface area contributed by atoms with Gasteiger partial charge in [-0.1, -0.05) is 115 Å². The molecule has 0 fully saturated rings. The molecule has 1 nitrogen and oxygen atoms in total. The third kappa shape index (κ3) is 3.24. The lowest BCUT2D eigenvalue weighted by atomic mass is 9.96. The molecule has 0 N–H and O–H groups in total. The van der Waals surface area contributed by atoms with Crippen LogP contribution in [0.25, 0.3) is 49.8 Å². The van der Waals surface area contributed by atoms with E-state index in [1.807, 2.05) is 0 Å². The van der Waals surface area contributed by atoms with Gasteiger partial charge in [0.25, 0.3) is 0 Å². The van der Waals surface area contributed by atoms with E-state index in [1.165, 1.54) is 72.0 Å². The second-order valence-corrected chi connectivity index (χ2v) is 9.73. The third-order valence-corrected chi connectivity index (χ3v) is 7.77. The number of benzene rings is 5. The zero-order valence-electron chi connectivity index (χ0n) is 21.1. The Morgan fingerprint density at radius 1 is 0.514 bits per heavy atom. The van der Waals surface area contributed by atoms with Crippen LogP contribution in [0.4, 0.5) is 0 Å². The number of hydrogen-bond donors (Lipinski definition) is 0. The standard InChI is InChI=1S/C36H27N/c1-3-24(2)25-20-22-26(23-21-25)36(35-31-16-6-4-12-27(31)28-13-5-7-17-32(28)35)37-33-18-10-8-14-29(33)30-15-9-11-19-34(30)37/h3-23H,1-2H3/b24-3-. The van der Waals surface area contributed by atoms with Crippen molar-refractivity contribution in [2.24, 2.45) is 0 Å². The van der Waals surface area contributed by atoms with Gasteiger partial charge < -0.3 is 4.57 Å². The van der Waals surface area contributed by atoms with Crippen LogP contribution in [0.3, 0.4) is 0 Å². The molecule has 176 valence electrons. The Morgan fingerprint density at radius 3 is 1.46 bits per heavy atom. The molecule has 0 atom stereocenters. The van der Waals surface area contributed by atoms with Gasteiger partial charge in [0.2, 0.25) is 0 Å². The lowest BCUT2D eigenvalue weighted by Crippen LogP contribution is -2.03. The quantitative estimate of drug-likeness (QED) is 0.241. The molecule has 0 saturated heterocycles. The molecule has 7 rings (SSSR count). The maximum absolute atomic E-state index is 2.48. The van der Waals surface area contributed by atoms with Crippen LogP contribution in [-0.2, 0) is 0 Å². The highest BCUT2D eigenvalue weighted by Gasteiger charge is 2.28. The first kappa shape index (κ1) is 21.6. The van der Waals surface area contributed by atoms with Crippen LogP contribution in [0.2, 0.25) is 0 Å². The van der Waals surface area contributed by atoms with Crippen molar-refractivity contribution in [2.75, 3.05) is 0 Å². The molecule has 1 aliphatic rings. The Hall–Kier alpha value is -4.62. The average molecular weight is 474 g/mol. The van der Waals surface area contributed by atoms with Gasteiger partial charge >= 0.3 is 0 Å². The first-order valence-corrected chi connectivity index (χ1v) is 12.9. The molecule has 1 aliphatic carbocycles. The van der Waals surface area contributed by atoms with Crippen molar-refractivity contribution >= 4 is 38.6 Å². The minimum atomic E-state index is 1.21. The van der Waals surface area contributed by atoms with E-state index < -0.39 is 0 Å². The summed E-state index contributed by atoms with van der Waals surface area (Å²) in [4.78, 5) is 0. The lowest BCUT2D eigenvalue weighted by molar-refractivity contribution is 1.22. The molecule has 0 bridgehead atoms. The summed E-state index contributed by atoms with van der Waals surface area (Å²) in [5.74, 6) is 0. The summed E-state index contributed by atoms with van der Waals surface area (Å²) in [6.07, 6.45) is 2.17. The number of nitrogens with zero attached hydrogens (tertiary/aromatic N) is 1. The number of rotatable bonds is 3. The number of allylic oxidation sites excluding steroid dienone is 2. The fraction of sp³-hybridized carbons (Fsp3) is 0.0556. The molecular formula is C36H27N. The first-order chi connectivity index (χ1) is 18.3. The van der Waals surface area contributed by atoms with Crippen molar-refractivity contribution in [1.82, 2.24) is 4.57 Å². The van der Waals surface area contributed by atoms with Gasteiger partial charge in [0.05, 0.1) is 16.7 Å². The maximum atomic E-state index is 2.48. The molecular weight excluding hydrogens is 446 g/mol. The minimum absolute atomic E-state index is 1.21. The fourth-order valence-electron chi connectivity index (χ4n) is 5.88. The SMILES string of the molecule is C/C=C(/C)c1ccc(C(=C2c3ccccc3-c3ccccc32)n2c3ccccc3c3ccccc32)cc1. The molecule has 1 heterocycles. The Balaban J connectivity index is 1.66. The Labute approximate surface area is 217 Å². The topological polar surface area (TPSA) is 4.93 Å². The zero-order chi connectivity index (χ0) is 24.9. The highest BCUT2D eigenvalue weighted by atomic mass is 15.0. The van der Waals surface area contributed by atoms with E-state index in [4.69, 9.17) is 0 Å². The lowest BCUT2D eigenvalue weighted by Gasteiger charge is -2.19. The van der Waals surface area contributed by atoms with Gasteiger partial charge in [0.15, 0.2) is 0 Å².